The number of benzene rings is 2. The molecule has 1 aromatic heterocycles. The Morgan fingerprint density at radius 3 is 2.41 bits per heavy atom. The molecule has 4 rings (SSSR count). The van der Waals surface area contributed by atoms with E-state index in [1.807, 2.05) is 20.8 Å². The molecule has 0 saturated heterocycles. The van der Waals surface area contributed by atoms with Crippen LogP contribution >= 0.6 is 15.9 Å². The quantitative estimate of drug-likeness (QED) is 0.524. The summed E-state index contributed by atoms with van der Waals surface area (Å²) in [6.07, 6.45) is -0.00578. The van der Waals surface area contributed by atoms with Crippen molar-refractivity contribution in [2.75, 3.05) is 11.9 Å². The molecule has 0 unspecified atom stereocenters. The first kappa shape index (κ1) is 21.9. The maximum atomic E-state index is 12.5. The zero-order valence-corrected chi connectivity index (χ0v) is 19.4. The van der Waals surface area contributed by atoms with Gasteiger partial charge in [-0.3, -0.25) is 19.3 Å². The minimum atomic E-state index is -0.391. The topological polar surface area (TPSA) is 105 Å². The SMILES string of the molecule is CC(C)(C)c1nc(-c2ccc(NC(=O)CCN3C(=O)c4ccc(Br)cc4C3=O)cc2)no1. The molecule has 0 radical (unpaired) electrons. The van der Waals surface area contributed by atoms with Crippen LogP contribution in [-0.2, 0) is 10.2 Å². The molecule has 3 amide bonds. The Balaban J connectivity index is 1.35. The zero-order chi connectivity index (χ0) is 23.0. The van der Waals surface area contributed by atoms with Crippen molar-refractivity contribution in [2.45, 2.75) is 32.6 Å². The lowest BCUT2D eigenvalue weighted by atomic mass is 9.97. The van der Waals surface area contributed by atoms with Gasteiger partial charge in [-0.15, -0.1) is 0 Å². The van der Waals surface area contributed by atoms with Gasteiger partial charge < -0.3 is 9.84 Å². The van der Waals surface area contributed by atoms with Crippen molar-refractivity contribution in [1.29, 1.82) is 0 Å². The summed E-state index contributed by atoms with van der Waals surface area (Å²) in [5, 5.41) is 6.78. The number of imide groups is 1. The lowest BCUT2D eigenvalue weighted by Crippen LogP contribution is -2.32. The number of hydrogen-bond acceptors (Lipinski definition) is 6. The second kappa shape index (κ2) is 8.31. The summed E-state index contributed by atoms with van der Waals surface area (Å²) in [6.45, 7) is 5.98. The molecule has 9 heteroatoms. The van der Waals surface area contributed by atoms with E-state index in [1.165, 1.54) is 0 Å². The number of carbonyl (C=O) groups is 3. The van der Waals surface area contributed by atoms with Gasteiger partial charge in [0, 0.05) is 34.1 Å². The second-order valence-electron chi connectivity index (χ2n) is 8.50. The van der Waals surface area contributed by atoms with E-state index < -0.39 is 5.91 Å². The van der Waals surface area contributed by atoms with Crippen LogP contribution in [0.25, 0.3) is 11.4 Å². The van der Waals surface area contributed by atoms with E-state index in [0.29, 0.717) is 28.5 Å². The fourth-order valence-electron chi connectivity index (χ4n) is 3.25. The third-order valence-corrected chi connectivity index (χ3v) is 5.48. The van der Waals surface area contributed by atoms with Crippen LogP contribution in [0.15, 0.2) is 51.5 Å². The van der Waals surface area contributed by atoms with Crippen LogP contribution in [0.2, 0.25) is 0 Å². The smallest absolute Gasteiger partial charge is 0.261 e. The van der Waals surface area contributed by atoms with Gasteiger partial charge in [0.15, 0.2) is 0 Å². The molecular weight excluding hydrogens is 476 g/mol. The van der Waals surface area contributed by atoms with Crippen molar-refractivity contribution < 1.29 is 18.9 Å². The van der Waals surface area contributed by atoms with Crippen molar-refractivity contribution in [3.8, 4) is 11.4 Å². The fourth-order valence-corrected chi connectivity index (χ4v) is 3.61. The molecule has 0 fully saturated rings. The molecule has 0 aliphatic carbocycles. The summed E-state index contributed by atoms with van der Waals surface area (Å²) >= 11 is 3.30. The Morgan fingerprint density at radius 2 is 1.75 bits per heavy atom. The number of amides is 3. The average molecular weight is 497 g/mol. The number of rotatable bonds is 5. The molecule has 2 aromatic carbocycles. The number of anilines is 1. The summed E-state index contributed by atoms with van der Waals surface area (Å²) < 4.78 is 6.03. The predicted octanol–water partition coefficient (Wildman–Crippen LogP) is 4.42. The largest absolute Gasteiger partial charge is 0.338 e. The summed E-state index contributed by atoms with van der Waals surface area (Å²) in [7, 11) is 0. The van der Waals surface area contributed by atoms with E-state index in [0.717, 1.165) is 14.9 Å². The Kier molecular flexibility index (Phi) is 5.68. The maximum Gasteiger partial charge on any atom is 0.261 e. The van der Waals surface area contributed by atoms with Crippen LogP contribution < -0.4 is 5.32 Å². The van der Waals surface area contributed by atoms with Crippen LogP contribution in [0.1, 0.15) is 53.8 Å². The Hall–Kier alpha value is -3.33. The zero-order valence-electron chi connectivity index (χ0n) is 17.8. The highest BCUT2D eigenvalue weighted by Gasteiger charge is 2.35. The van der Waals surface area contributed by atoms with Gasteiger partial charge in [0.1, 0.15) is 0 Å². The van der Waals surface area contributed by atoms with E-state index in [-0.39, 0.29) is 30.2 Å². The first-order valence-electron chi connectivity index (χ1n) is 10.0. The molecule has 2 heterocycles. The summed E-state index contributed by atoms with van der Waals surface area (Å²) in [5.74, 6) is -0.0527. The Labute approximate surface area is 193 Å². The monoisotopic (exact) mass is 496 g/mol. The first-order chi connectivity index (χ1) is 15.1. The van der Waals surface area contributed by atoms with Crippen molar-refractivity contribution in [2.24, 2.45) is 0 Å². The first-order valence-corrected chi connectivity index (χ1v) is 10.8. The van der Waals surface area contributed by atoms with Crippen LogP contribution in [0, 0.1) is 0 Å². The summed E-state index contributed by atoms with van der Waals surface area (Å²) in [4.78, 5) is 42.8. The summed E-state index contributed by atoms with van der Waals surface area (Å²) in [5.41, 5.74) is 1.81. The minimum absolute atomic E-state index is 0.00578. The molecule has 0 bridgehead atoms. The van der Waals surface area contributed by atoms with Crippen molar-refractivity contribution in [1.82, 2.24) is 15.0 Å². The highest BCUT2D eigenvalue weighted by molar-refractivity contribution is 9.10. The van der Waals surface area contributed by atoms with Crippen molar-refractivity contribution in [3.05, 3.63) is 64.0 Å². The molecule has 1 aliphatic rings. The highest BCUT2D eigenvalue weighted by Crippen LogP contribution is 2.27. The van der Waals surface area contributed by atoms with E-state index in [4.69, 9.17) is 4.52 Å². The van der Waals surface area contributed by atoms with Gasteiger partial charge in [-0.25, -0.2) is 0 Å². The third kappa shape index (κ3) is 4.34. The molecule has 0 saturated carbocycles. The summed E-state index contributed by atoms with van der Waals surface area (Å²) in [6, 6.07) is 12.0. The van der Waals surface area contributed by atoms with Gasteiger partial charge in [0.25, 0.3) is 11.8 Å². The molecule has 3 aromatic rings. The van der Waals surface area contributed by atoms with Gasteiger partial charge in [-0.2, -0.15) is 4.98 Å². The van der Waals surface area contributed by atoms with E-state index in [1.54, 1.807) is 42.5 Å². The highest BCUT2D eigenvalue weighted by atomic mass is 79.9. The lowest BCUT2D eigenvalue weighted by molar-refractivity contribution is -0.116. The van der Waals surface area contributed by atoms with Crippen molar-refractivity contribution in [3.63, 3.8) is 0 Å². The van der Waals surface area contributed by atoms with Crippen LogP contribution in [0.5, 0.6) is 0 Å². The number of carbonyl (C=O) groups excluding carboxylic acids is 3. The second-order valence-corrected chi connectivity index (χ2v) is 9.42. The number of nitrogens with one attached hydrogen (secondary N) is 1. The van der Waals surface area contributed by atoms with E-state index in [2.05, 4.69) is 31.4 Å². The normalized spacial score (nSPS) is 13.4. The van der Waals surface area contributed by atoms with Crippen LogP contribution in [0.3, 0.4) is 0 Å². The average Bonchev–Trinajstić information content (AvgIpc) is 3.32. The Morgan fingerprint density at radius 1 is 1.06 bits per heavy atom. The third-order valence-electron chi connectivity index (χ3n) is 4.99. The lowest BCUT2D eigenvalue weighted by Gasteiger charge is -2.13. The van der Waals surface area contributed by atoms with Gasteiger partial charge >= 0.3 is 0 Å². The van der Waals surface area contributed by atoms with E-state index in [9.17, 15) is 14.4 Å². The van der Waals surface area contributed by atoms with Gasteiger partial charge in [0.2, 0.25) is 17.6 Å². The number of nitrogens with zero attached hydrogens (tertiary/aromatic N) is 3. The van der Waals surface area contributed by atoms with Crippen LogP contribution in [0.4, 0.5) is 5.69 Å². The number of halogens is 1. The molecule has 0 spiro atoms. The molecule has 8 nitrogen and oxygen atoms in total. The minimum Gasteiger partial charge on any atom is -0.338 e. The molecular formula is C23H21BrN4O4. The predicted molar refractivity (Wildman–Crippen MR) is 121 cm³/mol. The standard InChI is InChI=1S/C23H21BrN4O4/c1-23(2,3)22-26-19(27-32-22)13-4-7-15(8-5-13)25-18(29)10-11-28-20(30)16-9-6-14(24)12-17(16)21(28)31/h4-9,12H,10-11H2,1-3H3,(H,25,29). The molecule has 32 heavy (non-hydrogen) atoms. The van der Waals surface area contributed by atoms with Crippen molar-refractivity contribution >= 4 is 39.3 Å². The van der Waals surface area contributed by atoms with Crippen LogP contribution in [-0.4, -0.2) is 39.3 Å². The van der Waals surface area contributed by atoms with Gasteiger partial charge in [0.05, 0.1) is 11.1 Å². The maximum absolute atomic E-state index is 12.5. The molecule has 1 aliphatic heterocycles. The van der Waals surface area contributed by atoms with Gasteiger partial charge in [-0.05, 0) is 42.5 Å². The van der Waals surface area contributed by atoms with E-state index >= 15 is 0 Å². The Bertz CT molecular complexity index is 1210. The molecule has 0 atom stereocenters. The fraction of sp³-hybridized carbons (Fsp3) is 0.261. The molecule has 1 N–H and O–H groups in total. The molecule has 164 valence electrons. The number of fused-ring (bicyclic) bond motifs is 1. The number of hydrogen-bond donors (Lipinski definition) is 1. The number of aromatic nitrogens is 2. The van der Waals surface area contributed by atoms with Gasteiger partial charge in [-0.1, -0.05) is 41.9 Å².